The van der Waals surface area contributed by atoms with Crippen LogP contribution in [0.5, 0.6) is 0 Å². The molecule has 0 aliphatic rings. The van der Waals surface area contributed by atoms with Gasteiger partial charge in [0.1, 0.15) is 5.82 Å². The van der Waals surface area contributed by atoms with Crippen molar-refractivity contribution in [3.63, 3.8) is 0 Å². The molecule has 0 saturated carbocycles. The van der Waals surface area contributed by atoms with Crippen LogP contribution in [0.1, 0.15) is 0 Å². The van der Waals surface area contributed by atoms with E-state index in [-0.39, 0.29) is 23.0 Å². The van der Waals surface area contributed by atoms with Gasteiger partial charge in [-0.1, -0.05) is 11.6 Å². The number of benzene rings is 1. The lowest BCUT2D eigenvalue weighted by Crippen LogP contribution is -2.22. The fourth-order valence-corrected chi connectivity index (χ4v) is 2.14. The molecule has 0 heterocycles. The minimum Gasteiger partial charge on any atom is -0.329 e. The van der Waals surface area contributed by atoms with E-state index in [1.54, 1.807) is 0 Å². The van der Waals surface area contributed by atoms with Gasteiger partial charge in [-0.25, -0.2) is 12.8 Å². The summed E-state index contributed by atoms with van der Waals surface area (Å²) in [5, 5.41) is 0.00981. The maximum atomic E-state index is 12.6. The molecule has 0 spiro atoms. The summed E-state index contributed by atoms with van der Waals surface area (Å²) in [5.74, 6) is -0.734. The van der Waals surface area contributed by atoms with Crippen LogP contribution in [0.3, 0.4) is 0 Å². The standard InChI is InChI=1S/C8H10ClFN2O2S/c9-7-5-6(10)1-2-8(7)12-15(13,14)4-3-11/h1-2,5,12H,3-4,11H2. The molecular weight excluding hydrogens is 243 g/mol. The van der Waals surface area contributed by atoms with Crippen LogP contribution in [-0.2, 0) is 10.0 Å². The quantitative estimate of drug-likeness (QED) is 0.845. The van der Waals surface area contributed by atoms with Crippen molar-refractivity contribution in [1.29, 1.82) is 0 Å². The highest BCUT2D eigenvalue weighted by Crippen LogP contribution is 2.23. The van der Waals surface area contributed by atoms with Gasteiger partial charge in [0, 0.05) is 6.54 Å². The van der Waals surface area contributed by atoms with Crippen molar-refractivity contribution in [3.05, 3.63) is 29.0 Å². The Kier molecular flexibility index (Phi) is 3.90. The zero-order chi connectivity index (χ0) is 11.5. The Bertz CT molecular complexity index is 450. The third kappa shape index (κ3) is 3.65. The van der Waals surface area contributed by atoms with E-state index in [4.69, 9.17) is 17.3 Å². The highest BCUT2D eigenvalue weighted by molar-refractivity contribution is 7.92. The van der Waals surface area contributed by atoms with E-state index in [9.17, 15) is 12.8 Å². The predicted octanol–water partition coefficient (Wildman–Crippen LogP) is 1.18. The third-order valence-electron chi connectivity index (χ3n) is 1.58. The fourth-order valence-electron chi connectivity index (χ4n) is 0.946. The van der Waals surface area contributed by atoms with E-state index < -0.39 is 15.8 Å². The molecule has 84 valence electrons. The molecule has 1 aromatic rings. The Balaban J connectivity index is 2.90. The average Bonchev–Trinajstić information content (AvgIpc) is 2.09. The molecule has 1 rings (SSSR count). The van der Waals surface area contributed by atoms with Gasteiger partial charge in [-0.15, -0.1) is 0 Å². The summed E-state index contributed by atoms with van der Waals surface area (Å²) in [5.41, 5.74) is 5.26. The molecule has 0 amide bonds. The van der Waals surface area contributed by atoms with Crippen molar-refractivity contribution in [2.24, 2.45) is 5.73 Å². The van der Waals surface area contributed by atoms with E-state index in [0.29, 0.717) is 0 Å². The van der Waals surface area contributed by atoms with Crippen LogP contribution in [0.4, 0.5) is 10.1 Å². The minimum atomic E-state index is -3.50. The SMILES string of the molecule is NCCS(=O)(=O)Nc1ccc(F)cc1Cl. The summed E-state index contributed by atoms with van der Waals surface area (Å²) in [6.07, 6.45) is 0. The fraction of sp³-hybridized carbons (Fsp3) is 0.250. The van der Waals surface area contributed by atoms with Gasteiger partial charge in [0.05, 0.1) is 16.5 Å². The van der Waals surface area contributed by atoms with E-state index in [1.165, 1.54) is 6.07 Å². The number of nitrogens with one attached hydrogen (secondary N) is 1. The molecule has 0 aliphatic heterocycles. The lowest BCUT2D eigenvalue weighted by atomic mass is 10.3. The Morgan fingerprint density at radius 3 is 2.67 bits per heavy atom. The number of anilines is 1. The zero-order valence-corrected chi connectivity index (χ0v) is 9.28. The number of nitrogens with two attached hydrogens (primary N) is 1. The molecule has 0 radical (unpaired) electrons. The summed E-state index contributed by atoms with van der Waals surface area (Å²) in [6, 6.07) is 3.40. The molecule has 0 fully saturated rings. The van der Waals surface area contributed by atoms with Crippen molar-refractivity contribution >= 4 is 27.3 Å². The number of halogens is 2. The Hall–Kier alpha value is -0.850. The molecule has 0 unspecified atom stereocenters. The van der Waals surface area contributed by atoms with Crippen molar-refractivity contribution in [2.75, 3.05) is 17.0 Å². The molecule has 3 N–H and O–H groups in total. The Labute approximate surface area is 92.3 Å². The lowest BCUT2D eigenvalue weighted by Gasteiger charge is -2.08. The topological polar surface area (TPSA) is 72.2 Å². The molecule has 0 bridgehead atoms. The molecular formula is C8H10ClFN2O2S. The van der Waals surface area contributed by atoms with Crippen LogP contribution in [0.15, 0.2) is 18.2 Å². The summed E-state index contributed by atoms with van der Waals surface area (Å²) in [6.45, 7) is 0.00808. The summed E-state index contributed by atoms with van der Waals surface area (Å²) < 4.78 is 37.4. The normalized spacial score (nSPS) is 11.4. The second kappa shape index (κ2) is 4.78. The second-order valence-corrected chi connectivity index (χ2v) is 5.08. The van der Waals surface area contributed by atoms with E-state index in [2.05, 4.69) is 4.72 Å². The molecule has 1 aromatic carbocycles. The molecule has 7 heteroatoms. The van der Waals surface area contributed by atoms with Crippen LogP contribution in [0.2, 0.25) is 5.02 Å². The molecule has 0 aliphatic carbocycles. The van der Waals surface area contributed by atoms with Gasteiger partial charge >= 0.3 is 0 Å². The summed E-state index contributed by atoms with van der Waals surface area (Å²) in [4.78, 5) is 0. The number of hydrogen-bond acceptors (Lipinski definition) is 3. The predicted molar refractivity (Wildman–Crippen MR) is 57.9 cm³/mol. The smallest absolute Gasteiger partial charge is 0.234 e. The first-order chi connectivity index (χ1) is 6.94. The largest absolute Gasteiger partial charge is 0.329 e. The maximum absolute atomic E-state index is 12.6. The van der Waals surface area contributed by atoms with Gasteiger partial charge in [-0.2, -0.15) is 0 Å². The average molecular weight is 253 g/mol. The highest BCUT2D eigenvalue weighted by atomic mass is 35.5. The molecule has 0 aromatic heterocycles. The highest BCUT2D eigenvalue weighted by Gasteiger charge is 2.11. The van der Waals surface area contributed by atoms with Crippen LogP contribution in [0, 0.1) is 5.82 Å². The molecule has 4 nitrogen and oxygen atoms in total. The first kappa shape index (κ1) is 12.2. The van der Waals surface area contributed by atoms with Gasteiger partial charge in [-0.3, -0.25) is 4.72 Å². The van der Waals surface area contributed by atoms with Crippen molar-refractivity contribution < 1.29 is 12.8 Å². The van der Waals surface area contributed by atoms with Crippen LogP contribution >= 0.6 is 11.6 Å². The first-order valence-corrected chi connectivity index (χ1v) is 6.13. The molecule has 0 saturated heterocycles. The summed E-state index contributed by atoms with van der Waals surface area (Å²) in [7, 11) is -3.50. The van der Waals surface area contributed by atoms with Crippen LogP contribution < -0.4 is 10.5 Å². The molecule has 15 heavy (non-hydrogen) atoms. The minimum absolute atomic E-state index is 0.00808. The van der Waals surface area contributed by atoms with Crippen molar-refractivity contribution in [1.82, 2.24) is 0 Å². The second-order valence-electron chi connectivity index (χ2n) is 2.83. The van der Waals surface area contributed by atoms with Gasteiger partial charge in [-0.05, 0) is 18.2 Å². The maximum Gasteiger partial charge on any atom is 0.234 e. The van der Waals surface area contributed by atoms with E-state index in [0.717, 1.165) is 12.1 Å². The van der Waals surface area contributed by atoms with Crippen LogP contribution in [0.25, 0.3) is 0 Å². The van der Waals surface area contributed by atoms with Gasteiger partial charge in [0.15, 0.2) is 0 Å². The van der Waals surface area contributed by atoms with E-state index in [1.807, 2.05) is 0 Å². The lowest BCUT2D eigenvalue weighted by molar-refractivity contribution is 0.600. The number of rotatable bonds is 4. The zero-order valence-electron chi connectivity index (χ0n) is 7.70. The van der Waals surface area contributed by atoms with Gasteiger partial charge in [0.2, 0.25) is 10.0 Å². The summed E-state index contributed by atoms with van der Waals surface area (Å²) >= 11 is 5.64. The number of hydrogen-bond donors (Lipinski definition) is 2. The number of sulfonamides is 1. The van der Waals surface area contributed by atoms with Crippen molar-refractivity contribution in [2.45, 2.75) is 0 Å². The van der Waals surface area contributed by atoms with Gasteiger partial charge < -0.3 is 5.73 Å². The molecule has 0 atom stereocenters. The monoisotopic (exact) mass is 252 g/mol. The Morgan fingerprint density at radius 2 is 2.13 bits per heavy atom. The van der Waals surface area contributed by atoms with Crippen LogP contribution in [-0.4, -0.2) is 20.7 Å². The van der Waals surface area contributed by atoms with Crippen molar-refractivity contribution in [3.8, 4) is 0 Å². The Morgan fingerprint density at radius 1 is 1.47 bits per heavy atom. The van der Waals surface area contributed by atoms with Gasteiger partial charge in [0.25, 0.3) is 0 Å². The first-order valence-electron chi connectivity index (χ1n) is 4.10. The van der Waals surface area contributed by atoms with E-state index >= 15 is 0 Å². The third-order valence-corrected chi connectivity index (χ3v) is 3.20.